The van der Waals surface area contributed by atoms with E-state index in [0.29, 0.717) is 23.2 Å². The molecular weight excluding hydrogens is 348 g/mol. The zero-order valence-corrected chi connectivity index (χ0v) is 14.9. The van der Waals surface area contributed by atoms with E-state index in [2.05, 4.69) is 15.6 Å². The van der Waals surface area contributed by atoms with Gasteiger partial charge in [-0.2, -0.15) is 0 Å². The molecule has 1 aliphatic rings. The minimum absolute atomic E-state index is 0.0148. The molecule has 1 saturated carbocycles. The van der Waals surface area contributed by atoms with Crippen molar-refractivity contribution >= 4 is 17.5 Å². The van der Waals surface area contributed by atoms with Crippen molar-refractivity contribution < 1.29 is 4.79 Å². The van der Waals surface area contributed by atoms with Crippen LogP contribution in [-0.2, 0) is 6.54 Å². The summed E-state index contributed by atoms with van der Waals surface area (Å²) in [6, 6.07) is 17.6. The molecule has 26 heavy (non-hydrogen) atoms. The van der Waals surface area contributed by atoms with Gasteiger partial charge < -0.3 is 5.32 Å². The summed E-state index contributed by atoms with van der Waals surface area (Å²) >= 11 is 5.97. The number of aromatic nitrogens is 3. The first-order valence-corrected chi connectivity index (χ1v) is 9.07. The van der Waals surface area contributed by atoms with Gasteiger partial charge in [-0.25, -0.2) is 4.68 Å². The van der Waals surface area contributed by atoms with Crippen LogP contribution in [0.2, 0.25) is 5.02 Å². The van der Waals surface area contributed by atoms with Crippen molar-refractivity contribution in [2.45, 2.75) is 25.4 Å². The van der Waals surface area contributed by atoms with Crippen molar-refractivity contribution in [2.24, 2.45) is 5.92 Å². The van der Waals surface area contributed by atoms with Gasteiger partial charge in [0.25, 0.3) is 5.91 Å². The largest absolute Gasteiger partial charge is 0.344 e. The molecule has 1 aromatic heterocycles. The molecular formula is C20H19ClN4O. The van der Waals surface area contributed by atoms with Gasteiger partial charge in [-0.05, 0) is 42.0 Å². The van der Waals surface area contributed by atoms with E-state index in [-0.39, 0.29) is 11.9 Å². The van der Waals surface area contributed by atoms with Crippen LogP contribution in [0.1, 0.15) is 40.5 Å². The zero-order valence-electron chi connectivity index (χ0n) is 14.2. The Balaban J connectivity index is 1.46. The number of halogens is 1. The van der Waals surface area contributed by atoms with Crippen LogP contribution in [0.5, 0.6) is 0 Å². The third kappa shape index (κ3) is 3.94. The SMILES string of the molecule is O=C(NC(c1ccc(Cl)cc1)C1CC1)c1cn(Cc2ccccc2)nn1. The predicted molar refractivity (Wildman–Crippen MR) is 99.9 cm³/mol. The number of carbonyl (C=O) groups is 1. The zero-order chi connectivity index (χ0) is 17.9. The molecule has 0 radical (unpaired) electrons. The van der Waals surface area contributed by atoms with Gasteiger partial charge in [-0.15, -0.1) is 5.10 Å². The Kier molecular flexibility index (Phi) is 4.71. The minimum atomic E-state index is -0.198. The number of carbonyl (C=O) groups excluding carboxylic acids is 1. The third-order valence-corrected chi connectivity index (χ3v) is 4.82. The Morgan fingerprint density at radius 2 is 1.88 bits per heavy atom. The summed E-state index contributed by atoms with van der Waals surface area (Å²) in [5.41, 5.74) is 2.52. The van der Waals surface area contributed by atoms with Gasteiger partial charge in [0.2, 0.25) is 0 Å². The van der Waals surface area contributed by atoms with E-state index in [9.17, 15) is 4.79 Å². The Morgan fingerprint density at radius 3 is 2.58 bits per heavy atom. The first-order valence-electron chi connectivity index (χ1n) is 8.69. The smallest absolute Gasteiger partial charge is 0.273 e. The molecule has 0 saturated heterocycles. The lowest BCUT2D eigenvalue weighted by atomic mass is 10.0. The molecule has 0 aliphatic heterocycles. The Labute approximate surface area is 157 Å². The van der Waals surface area contributed by atoms with E-state index in [1.807, 2.05) is 54.6 Å². The third-order valence-electron chi connectivity index (χ3n) is 4.57. The topological polar surface area (TPSA) is 59.8 Å². The lowest BCUT2D eigenvalue weighted by Crippen LogP contribution is -2.30. The van der Waals surface area contributed by atoms with Crippen LogP contribution in [0, 0.1) is 5.92 Å². The van der Waals surface area contributed by atoms with Crippen LogP contribution >= 0.6 is 11.6 Å². The highest BCUT2D eigenvalue weighted by Gasteiger charge is 2.34. The molecule has 2 aromatic carbocycles. The number of rotatable bonds is 6. The van der Waals surface area contributed by atoms with Crippen LogP contribution in [0.15, 0.2) is 60.8 Å². The molecule has 1 aliphatic carbocycles. The van der Waals surface area contributed by atoms with Gasteiger partial charge >= 0.3 is 0 Å². The van der Waals surface area contributed by atoms with Crippen LogP contribution < -0.4 is 5.32 Å². The summed E-state index contributed by atoms with van der Waals surface area (Å²) < 4.78 is 1.68. The van der Waals surface area contributed by atoms with Gasteiger partial charge in [0, 0.05) is 5.02 Å². The summed E-state index contributed by atoms with van der Waals surface area (Å²) in [5.74, 6) is 0.274. The van der Waals surface area contributed by atoms with Crippen LogP contribution in [-0.4, -0.2) is 20.9 Å². The van der Waals surface area contributed by atoms with E-state index >= 15 is 0 Å². The molecule has 132 valence electrons. The second-order valence-electron chi connectivity index (χ2n) is 6.63. The average molecular weight is 367 g/mol. The van der Waals surface area contributed by atoms with Gasteiger partial charge in [0.15, 0.2) is 5.69 Å². The molecule has 1 atom stereocenters. The van der Waals surface area contributed by atoms with Gasteiger partial charge in [0.05, 0.1) is 18.8 Å². The maximum absolute atomic E-state index is 12.6. The van der Waals surface area contributed by atoms with Gasteiger partial charge in [-0.3, -0.25) is 4.79 Å². The maximum Gasteiger partial charge on any atom is 0.273 e. The molecule has 1 heterocycles. The highest BCUT2D eigenvalue weighted by molar-refractivity contribution is 6.30. The lowest BCUT2D eigenvalue weighted by Gasteiger charge is -2.18. The highest BCUT2D eigenvalue weighted by atomic mass is 35.5. The van der Waals surface area contributed by atoms with E-state index in [0.717, 1.165) is 24.0 Å². The predicted octanol–water partition coefficient (Wildman–Crippen LogP) is 3.86. The Hall–Kier alpha value is -2.66. The fraction of sp³-hybridized carbons (Fsp3) is 0.250. The van der Waals surface area contributed by atoms with Gasteiger partial charge in [0.1, 0.15) is 0 Å². The second kappa shape index (κ2) is 7.30. The van der Waals surface area contributed by atoms with Crippen molar-refractivity contribution in [1.29, 1.82) is 0 Å². The van der Waals surface area contributed by atoms with Crippen LogP contribution in [0.4, 0.5) is 0 Å². The molecule has 0 spiro atoms. The molecule has 4 rings (SSSR count). The van der Waals surface area contributed by atoms with E-state index in [1.54, 1.807) is 10.9 Å². The molecule has 1 unspecified atom stereocenters. The average Bonchev–Trinajstić information content (AvgIpc) is 3.40. The first kappa shape index (κ1) is 16.8. The number of amides is 1. The van der Waals surface area contributed by atoms with Crippen molar-refractivity contribution in [3.63, 3.8) is 0 Å². The lowest BCUT2D eigenvalue weighted by molar-refractivity contribution is 0.0926. The fourth-order valence-corrected chi connectivity index (χ4v) is 3.16. The normalized spacial score (nSPS) is 14.8. The van der Waals surface area contributed by atoms with E-state index in [1.165, 1.54) is 0 Å². The molecule has 0 bridgehead atoms. The van der Waals surface area contributed by atoms with Crippen LogP contribution in [0.3, 0.4) is 0 Å². The summed E-state index contributed by atoms with van der Waals surface area (Å²) in [6.45, 7) is 0.588. The number of nitrogens with one attached hydrogen (secondary N) is 1. The molecule has 1 amide bonds. The Morgan fingerprint density at radius 1 is 1.15 bits per heavy atom. The monoisotopic (exact) mass is 366 g/mol. The number of nitrogens with zero attached hydrogens (tertiary/aromatic N) is 3. The molecule has 1 N–H and O–H groups in total. The summed E-state index contributed by atoms with van der Waals surface area (Å²) in [7, 11) is 0. The summed E-state index contributed by atoms with van der Waals surface area (Å²) in [6.07, 6.45) is 3.93. The van der Waals surface area contributed by atoms with E-state index in [4.69, 9.17) is 11.6 Å². The molecule has 6 heteroatoms. The van der Waals surface area contributed by atoms with Crippen molar-refractivity contribution in [3.05, 3.63) is 82.6 Å². The summed E-state index contributed by atoms with van der Waals surface area (Å²) in [4.78, 5) is 12.6. The fourth-order valence-electron chi connectivity index (χ4n) is 3.04. The van der Waals surface area contributed by atoms with Crippen molar-refractivity contribution in [2.75, 3.05) is 0 Å². The Bertz CT molecular complexity index is 888. The number of hydrogen-bond donors (Lipinski definition) is 1. The molecule has 1 fully saturated rings. The van der Waals surface area contributed by atoms with E-state index < -0.39 is 0 Å². The number of benzene rings is 2. The highest BCUT2D eigenvalue weighted by Crippen LogP contribution is 2.41. The second-order valence-corrected chi connectivity index (χ2v) is 7.06. The quantitative estimate of drug-likeness (QED) is 0.720. The minimum Gasteiger partial charge on any atom is -0.344 e. The van der Waals surface area contributed by atoms with Crippen molar-refractivity contribution in [1.82, 2.24) is 20.3 Å². The summed E-state index contributed by atoms with van der Waals surface area (Å²) in [5, 5.41) is 11.9. The standard InChI is InChI=1S/C20H19ClN4O/c21-17-10-8-16(9-11-17)19(15-6-7-15)22-20(26)18-13-25(24-23-18)12-14-4-2-1-3-5-14/h1-5,8-11,13,15,19H,6-7,12H2,(H,22,26). The molecule has 3 aromatic rings. The van der Waals surface area contributed by atoms with Gasteiger partial charge in [-0.1, -0.05) is 59.3 Å². The maximum atomic E-state index is 12.6. The van der Waals surface area contributed by atoms with Crippen LogP contribution in [0.25, 0.3) is 0 Å². The van der Waals surface area contributed by atoms with Crippen molar-refractivity contribution in [3.8, 4) is 0 Å². The first-order chi connectivity index (χ1) is 12.7. The number of hydrogen-bond acceptors (Lipinski definition) is 3. The molecule has 5 nitrogen and oxygen atoms in total.